The van der Waals surface area contributed by atoms with Gasteiger partial charge >= 0.3 is 0 Å². The highest BCUT2D eigenvalue weighted by atomic mass is 15.2. The Balaban J connectivity index is 2.09. The Kier molecular flexibility index (Phi) is 7.33. The van der Waals surface area contributed by atoms with E-state index in [-0.39, 0.29) is 5.54 Å². The molecule has 1 N–H and O–H groups in total. The Bertz CT molecular complexity index is 231. The van der Waals surface area contributed by atoms with Crippen LogP contribution in [0.25, 0.3) is 0 Å². The van der Waals surface area contributed by atoms with Gasteiger partial charge in [0.05, 0.1) is 0 Å². The first-order chi connectivity index (χ1) is 8.96. The molecule has 1 unspecified atom stereocenters. The molecule has 114 valence electrons. The molecule has 0 aromatic carbocycles. The molecule has 1 saturated heterocycles. The molecule has 19 heavy (non-hydrogen) atoms. The third-order valence-corrected chi connectivity index (χ3v) is 4.13. The van der Waals surface area contributed by atoms with Crippen molar-refractivity contribution in [2.75, 3.05) is 39.3 Å². The molecular formula is C16H35N3. The van der Waals surface area contributed by atoms with Crippen molar-refractivity contribution in [1.29, 1.82) is 0 Å². The molecule has 1 atom stereocenters. The van der Waals surface area contributed by atoms with Gasteiger partial charge < -0.3 is 10.2 Å². The Morgan fingerprint density at radius 3 is 2.42 bits per heavy atom. The van der Waals surface area contributed by atoms with E-state index in [0.29, 0.717) is 0 Å². The first-order valence-electron chi connectivity index (χ1n) is 8.17. The van der Waals surface area contributed by atoms with Gasteiger partial charge in [-0.15, -0.1) is 0 Å². The fourth-order valence-corrected chi connectivity index (χ4v) is 2.98. The van der Waals surface area contributed by atoms with Crippen molar-refractivity contribution >= 4 is 0 Å². The summed E-state index contributed by atoms with van der Waals surface area (Å²) in [4.78, 5) is 5.27. The van der Waals surface area contributed by atoms with Gasteiger partial charge in [-0.2, -0.15) is 0 Å². The lowest BCUT2D eigenvalue weighted by Gasteiger charge is -2.26. The van der Waals surface area contributed by atoms with Crippen LogP contribution in [0.2, 0.25) is 0 Å². The highest BCUT2D eigenvalue weighted by molar-refractivity contribution is 4.82. The van der Waals surface area contributed by atoms with E-state index in [2.05, 4.69) is 49.7 Å². The van der Waals surface area contributed by atoms with Crippen LogP contribution in [0.3, 0.4) is 0 Å². The van der Waals surface area contributed by atoms with Crippen LogP contribution in [0.4, 0.5) is 0 Å². The minimum atomic E-state index is 0.265. The minimum Gasteiger partial charge on any atom is -0.312 e. The monoisotopic (exact) mass is 269 g/mol. The van der Waals surface area contributed by atoms with Crippen LogP contribution in [0, 0.1) is 0 Å². The molecule has 1 rings (SSSR count). The van der Waals surface area contributed by atoms with Crippen LogP contribution in [-0.2, 0) is 0 Å². The number of rotatable bonds is 8. The highest BCUT2D eigenvalue weighted by Crippen LogP contribution is 2.15. The summed E-state index contributed by atoms with van der Waals surface area (Å²) in [6.45, 7) is 18.7. The number of hydrogen-bond donors (Lipinski definition) is 1. The third-order valence-electron chi connectivity index (χ3n) is 4.13. The van der Waals surface area contributed by atoms with Gasteiger partial charge in [0.15, 0.2) is 0 Å². The number of unbranched alkanes of at least 4 members (excludes halogenated alkanes) is 1. The molecule has 1 aliphatic rings. The summed E-state index contributed by atoms with van der Waals surface area (Å²) < 4.78 is 0. The van der Waals surface area contributed by atoms with Crippen molar-refractivity contribution in [2.24, 2.45) is 0 Å². The van der Waals surface area contributed by atoms with Gasteiger partial charge in [-0.05, 0) is 72.8 Å². The summed E-state index contributed by atoms with van der Waals surface area (Å²) in [7, 11) is 0. The standard InChI is InChI=1S/C16H35N3/c1-6-19(7-2)15-10-13-18(14-15)12-9-8-11-17-16(3,4)5/h15,17H,6-14H2,1-5H3. The second-order valence-corrected chi connectivity index (χ2v) is 6.85. The third kappa shape index (κ3) is 6.73. The maximum absolute atomic E-state index is 3.57. The van der Waals surface area contributed by atoms with Crippen LogP contribution in [0.15, 0.2) is 0 Å². The molecule has 0 aliphatic carbocycles. The van der Waals surface area contributed by atoms with Crippen molar-refractivity contribution in [3.63, 3.8) is 0 Å². The average Bonchev–Trinajstić information content (AvgIpc) is 2.77. The topological polar surface area (TPSA) is 18.5 Å². The summed E-state index contributed by atoms with van der Waals surface area (Å²) in [5, 5.41) is 3.57. The predicted molar refractivity (Wildman–Crippen MR) is 84.8 cm³/mol. The Morgan fingerprint density at radius 1 is 1.16 bits per heavy atom. The zero-order valence-electron chi connectivity index (χ0n) is 13.8. The smallest absolute Gasteiger partial charge is 0.0235 e. The number of likely N-dealkylation sites (tertiary alicyclic amines) is 1. The van der Waals surface area contributed by atoms with Crippen LogP contribution < -0.4 is 5.32 Å². The molecule has 1 heterocycles. The van der Waals surface area contributed by atoms with Crippen LogP contribution in [-0.4, -0.2) is 60.6 Å². The van der Waals surface area contributed by atoms with Crippen LogP contribution in [0.5, 0.6) is 0 Å². The highest BCUT2D eigenvalue weighted by Gasteiger charge is 2.25. The first-order valence-corrected chi connectivity index (χ1v) is 8.17. The van der Waals surface area contributed by atoms with E-state index in [1.165, 1.54) is 52.0 Å². The molecular weight excluding hydrogens is 234 g/mol. The molecule has 0 bridgehead atoms. The van der Waals surface area contributed by atoms with E-state index < -0.39 is 0 Å². The summed E-state index contributed by atoms with van der Waals surface area (Å²) in [6.07, 6.45) is 3.99. The number of hydrogen-bond acceptors (Lipinski definition) is 3. The largest absolute Gasteiger partial charge is 0.312 e. The molecule has 1 fully saturated rings. The first kappa shape index (κ1) is 16.9. The fourth-order valence-electron chi connectivity index (χ4n) is 2.98. The molecule has 0 spiro atoms. The van der Waals surface area contributed by atoms with Crippen LogP contribution in [0.1, 0.15) is 53.9 Å². The molecule has 3 heteroatoms. The average molecular weight is 269 g/mol. The maximum atomic E-state index is 3.57. The Hall–Kier alpha value is -0.120. The van der Waals surface area contributed by atoms with Gasteiger partial charge in [0.2, 0.25) is 0 Å². The lowest BCUT2D eigenvalue weighted by molar-refractivity contribution is 0.210. The number of nitrogens with one attached hydrogen (secondary N) is 1. The van der Waals surface area contributed by atoms with E-state index in [1.54, 1.807) is 0 Å². The lowest BCUT2D eigenvalue weighted by Crippen LogP contribution is -2.38. The summed E-state index contributed by atoms with van der Waals surface area (Å²) in [6, 6.07) is 0.808. The van der Waals surface area contributed by atoms with Crippen molar-refractivity contribution in [1.82, 2.24) is 15.1 Å². The second kappa shape index (κ2) is 8.23. The summed E-state index contributed by atoms with van der Waals surface area (Å²) >= 11 is 0. The maximum Gasteiger partial charge on any atom is 0.0235 e. The van der Waals surface area contributed by atoms with Crippen molar-refractivity contribution in [3.8, 4) is 0 Å². The predicted octanol–water partition coefficient (Wildman–Crippen LogP) is 2.57. The molecule has 0 aromatic rings. The van der Waals surface area contributed by atoms with E-state index in [4.69, 9.17) is 0 Å². The number of nitrogens with zero attached hydrogens (tertiary/aromatic N) is 2. The Morgan fingerprint density at radius 2 is 1.84 bits per heavy atom. The van der Waals surface area contributed by atoms with E-state index in [9.17, 15) is 0 Å². The molecule has 0 aromatic heterocycles. The van der Waals surface area contributed by atoms with Gasteiger partial charge in [0.25, 0.3) is 0 Å². The van der Waals surface area contributed by atoms with Gasteiger partial charge in [-0.1, -0.05) is 13.8 Å². The van der Waals surface area contributed by atoms with E-state index in [1.807, 2.05) is 0 Å². The van der Waals surface area contributed by atoms with E-state index >= 15 is 0 Å². The van der Waals surface area contributed by atoms with Gasteiger partial charge in [-0.25, -0.2) is 0 Å². The van der Waals surface area contributed by atoms with Crippen molar-refractivity contribution < 1.29 is 0 Å². The minimum absolute atomic E-state index is 0.265. The van der Waals surface area contributed by atoms with Crippen molar-refractivity contribution in [2.45, 2.75) is 65.5 Å². The van der Waals surface area contributed by atoms with Gasteiger partial charge in [-0.3, -0.25) is 4.90 Å². The normalized spacial score (nSPS) is 21.5. The van der Waals surface area contributed by atoms with Crippen LogP contribution >= 0.6 is 0 Å². The zero-order valence-corrected chi connectivity index (χ0v) is 13.8. The zero-order chi connectivity index (χ0) is 14.3. The molecule has 0 radical (unpaired) electrons. The van der Waals surface area contributed by atoms with E-state index in [0.717, 1.165) is 12.6 Å². The summed E-state index contributed by atoms with van der Waals surface area (Å²) in [5.74, 6) is 0. The molecule has 3 nitrogen and oxygen atoms in total. The van der Waals surface area contributed by atoms with Crippen molar-refractivity contribution in [3.05, 3.63) is 0 Å². The molecule has 0 saturated carbocycles. The SMILES string of the molecule is CCN(CC)C1CCN(CCCCNC(C)(C)C)C1. The second-order valence-electron chi connectivity index (χ2n) is 6.85. The molecule has 1 aliphatic heterocycles. The van der Waals surface area contributed by atoms with Gasteiger partial charge in [0.1, 0.15) is 0 Å². The molecule has 0 amide bonds. The summed E-state index contributed by atoms with van der Waals surface area (Å²) in [5.41, 5.74) is 0.265. The van der Waals surface area contributed by atoms with Gasteiger partial charge in [0, 0.05) is 18.1 Å². The number of likely N-dealkylation sites (N-methyl/N-ethyl adjacent to an activating group) is 1. The Labute approximate surface area is 120 Å². The lowest BCUT2D eigenvalue weighted by atomic mass is 10.1. The fraction of sp³-hybridized carbons (Fsp3) is 1.00. The quantitative estimate of drug-likeness (QED) is 0.683.